The third-order valence-electron chi connectivity index (χ3n) is 3.35. The van der Waals surface area contributed by atoms with E-state index in [0.29, 0.717) is 17.7 Å². The maximum atomic E-state index is 12.1. The Morgan fingerprint density at radius 1 is 1.24 bits per heavy atom. The number of carbonyl (C=O) groups excluding carboxylic acids is 1. The summed E-state index contributed by atoms with van der Waals surface area (Å²) in [6.45, 7) is 1.80. The lowest BCUT2D eigenvalue weighted by Gasteiger charge is -2.20. The Labute approximate surface area is 99.4 Å². The quantitative estimate of drug-likeness (QED) is 0.752. The molecule has 0 unspecified atom stereocenters. The molecule has 2 aromatic rings. The zero-order valence-electron chi connectivity index (χ0n) is 9.64. The van der Waals surface area contributed by atoms with Gasteiger partial charge >= 0.3 is 0 Å². The fourth-order valence-electron chi connectivity index (χ4n) is 2.51. The zero-order valence-corrected chi connectivity index (χ0v) is 9.64. The minimum atomic E-state index is 0.152. The molecular formula is C14H13NO2. The first kappa shape index (κ1) is 10.3. The molecule has 0 aliphatic heterocycles. The van der Waals surface area contributed by atoms with E-state index in [2.05, 4.69) is 17.3 Å². The summed E-state index contributed by atoms with van der Waals surface area (Å²) < 4.78 is 5.10. The van der Waals surface area contributed by atoms with Crippen LogP contribution in [0.2, 0.25) is 0 Å². The summed E-state index contributed by atoms with van der Waals surface area (Å²) in [7, 11) is 0. The van der Waals surface area contributed by atoms with E-state index in [9.17, 15) is 4.79 Å². The smallest absolute Gasteiger partial charge is 0.168 e. The van der Waals surface area contributed by atoms with Gasteiger partial charge in [0.15, 0.2) is 5.78 Å². The number of rotatable bonds is 1. The molecule has 0 amide bonds. The summed E-state index contributed by atoms with van der Waals surface area (Å²) in [5.41, 5.74) is 2.72. The molecule has 17 heavy (non-hydrogen) atoms. The van der Waals surface area contributed by atoms with Crippen molar-refractivity contribution in [2.24, 2.45) is 0 Å². The molecule has 0 spiro atoms. The summed E-state index contributed by atoms with van der Waals surface area (Å²) in [5.74, 6) is 1.04. The van der Waals surface area contributed by atoms with Crippen LogP contribution in [0.1, 0.15) is 39.7 Å². The minimum absolute atomic E-state index is 0.152. The number of aromatic nitrogens is 1. The molecular weight excluding hydrogens is 214 g/mol. The molecule has 86 valence electrons. The summed E-state index contributed by atoms with van der Waals surface area (Å²) in [4.78, 5) is 12.1. The molecule has 0 radical (unpaired) electrons. The Balaban J connectivity index is 1.97. The van der Waals surface area contributed by atoms with E-state index >= 15 is 0 Å². The van der Waals surface area contributed by atoms with E-state index in [1.54, 1.807) is 6.92 Å². The predicted octanol–water partition coefficient (Wildman–Crippen LogP) is 2.90. The third-order valence-corrected chi connectivity index (χ3v) is 3.35. The highest BCUT2D eigenvalue weighted by molar-refractivity contribution is 5.99. The zero-order chi connectivity index (χ0) is 11.8. The van der Waals surface area contributed by atoms with Gasteiger partial charge in [-0.25, -0.2) is 0 Å². The topological polar surface area (TPSA) is 43.1 Å². The number of hydrogen-bond acceptors (Lipinski definition) is 3. The van der Waals surface area contributed by atoms with Crippen LogP contribution < -0.4 is 0 Å². The molecule has 0 saturated heterocycles. The highest BCUT2D eigenvalue weighted by atomic mass is 16.5. The lowest BCUT2D eigenvalue weighted by Crippen LogP contribution is -2.18. The summed E-state index contributed by atoms with van der Waals surface area (Å²) in [5, 5.41) is 3.99. The molecule has 1 heterocycles. The van der Waals surface area contributed by atoms with Crippen LogP contribution in [0.4, 0.5) is 0 Å². The van der Waals surface area contributed by atoms with Gasteiger partial charge in [0.05, 0.1) is 11.3 Å². The number of benzene rings is 1. The van der Waals surface area contributed by atoms with Gasteiger partial charge in [0.1, 0.15) is 5.76 Å². The predicted molar refractivity (Wildman–Crippen MR) is 63.1 cm³/mol. The lowest BCUT2D eigenvalue weighted by atomic mass is 9.82. The number of ketones is 1. The van der Waals surface area contributed by atoms with E-state index < -0.39 is 0 Å². The van der Waals surface area contributed by atoms with Crippen LogP contribution in [-0.4, -0.2) is 10.9 Å². The normalized spacial score (nSPS) is 19.1. The molecule has 1 aromatic heterocycles. The summed E-state index contributed by atoms with van der Waals surface area (Å²) >= 11 is 0. The van der Waals surface area contributed by atoms with Crippen LogP contribution in [0.25, 0.3) is 0 Å². The molecule has 0 bridgehead atoms. The average molecular weight is 227 g/mol. The summed E-state index contributed by atoms with van der Waals surface area (Å²) in [6.07, 6.45) is 1.35. The second-order valence-corrected chi connectivity index (χ2v) is 4.50. The van der Waals surface area contributed by atoms with E-state index in [1.165, 1.54) is 5.56 Å². The van der Waals surface area contributed by atoms with Crippen molar-refractivity contribution in [1.82, 2.24) is 5.16 Å². The van der Waals surface area contributed by atoms with Gasteiger partial charge in [-0.05, 0) is 18.4 Å². The molecule has 1 aliphatic carbocycles. The first-order valence-corrected chi connectivity index (χ1v) is 5.79. The fourth-order valence-corrected chi connectivity index (χ4v) is 2.51. The Morgan fingerprint density at radius 2 is 2.00 bits per heavy atom. The molecule has 0 N–H and O–H groups in total. The van der Waals surface area contributed by atoms with Crippen molar-refractivity contribution in [1.29, 1.82) is 0 Å². The molecule has 3 rings (SSSR count). The van der Waals surface area contributed by atoms with Crippen molar-refractivity contribution in [2.75, 3.05) is 0 Å². The van der Waals surface area contributed by atoms with E-state index in [4.69, 9.17) is 4.52 Å². The summed E-state index contributed by atoms with van der Waals surface area (Å²) in [6, 6.07) is 10.1. The number of carbonyl (C=O) groups is 1. The molecule has 3 nitrogen and oxygen atoms in total. The van der Waals surface area contributed by atoms with Crippen molar-refractivity contribution in [2.45, 2.75) is 25.7 Å². The highest BCUT2D eigenvalue weighted by Gasteiger charge is 2.30. The van der Waals surface area contributed by atoms with E-state index in [-0.39, 0.29) is 11.7 Å². The van der Waals surface area contributed by atoms with E-state index in [0.717, 1.165) is 12.1 Å². The van der Waals surface area contributed by atoms with Gasteiger partial charge in [-0.15, -0.1) is 0 Å². The maximum Gasteiger partial charge on any atom is 0.168 e. The van der Waals surface area contributed by atoms with Crippen LogP contribution in [0.3, 0.4) is 0 Å². The van der Waals surface area contributed by atoms with Crippen molar-refractivity contribution < 1.29 is 9.32 Å². The Hall–Kier alpha value is -1.90. The largest absolute Gasteiger partial charge is 0.361 e. The lowest BCUT2D eigenvalue weighted by molar-refractivity contribution is 0.0963. The fraction of sp³-hybridized carbons (Fsp3) is 0.286. The number of aryl methyl sites for hydroxylation is 1. The standard InChI is InChI=1S/C14H13NO2/c1-9-14-12(15-17-9)7-11(8-13(14)16)10-5-3-2-4-6-10/h2-6,11H,7-8H2,1H3/t11-/m1/s1. The minimum Gasteiger partial charge on any atom is -0.361 e. The Bertz CT molecular complexity index is 557. The van der Waals surface area contributed by atoms with Crippen LogP contribution >= 0.6 is 0 Å². The Morgan fingerprint density at radius 3 is 2.76 bits per heavy atom. The SMILES string of the molecule is Cc1onc2c1C(=O)C[C@H](c1ccccc1)C2. The number of Topliss-reactive ketones (excluding diaryl/α,β-unsaturated/α-hetero) is 1. The average Bonchev–Trinajstić information content (AvgIpc) is 2.73. The number of fused-ring (bicyclic) bond motifs is 1. The second-order valence-electron chi connectivity index (χ2n) is 4.50. The van der Waals surface area contributed by atoms with E-state index in [1.807, 2.05) is 18.2 Å². The van der Waals surface area contributed by atoms with Gasteiger partial charge in [-0.1, -0.05) is 35.5 Å². The van der Waals surface area contributed by atoms with Gasteiger partial charge in [-0.3, -0.25) is 4.79 Å². The molecule has 1 aliphatic rings. The number of hydrogen-bond donors (Lipinski definition) is 0. The first-order chi connectivity index (χ1) is 8.25. The monoisotopic (exact) mass is 227 g/mol. The van der Waals surface area contributed by atoms with Crippen molar-refractivity contribution >= 4 is 5.78 Å². The molecule has 1 aromatic carbocycles. The van der Waals surface area contributed by atoms with Gasteiger partial charge in [-0.2, -0.15) is 0 Å². The van der Waals surface area contributed by atoms with Crippen molar-refractivity contribution in [3.63, 3.8) is 0 Å². The van der Waals surface area contributed by atoms with Gasteiger partial charge in [0, 0.05) is 12.8 Å². The second kappa shape index (κ2) is 3.84. The molecule has 0 fully saturated rings. The molecule has 0 saturated carbocycles. The van der Waals surface area contributed by atoms with Gasteiger partial charge < -0.3 is 4.52 Å². The number of nitrogens with zero attached hydrogens (tertiary/aromatic N) is 1. The maximum absolute atomic E-state index is 12.1. The van der Waals surface area contributed by atoms with Crippen molar-refractivity contribution in [3.05, 3.63) is 52.9 Å². The molecule has 3 heteroatoms. The Kier molecular flexibility index (Phi) is 2.32. The van der Waals surface area contributed by atoms with Crippen molar-refractivity contribution in [3.8, 4) is 0 Å². The third kappa shape index (κ3) is 1.68. The molecule has 1 atom stereocenters. The van der Waals surface area contributed by atoms with Crippen LogP contribution in [-0.2, 0) is 6.42 Å². The van der Waals surface area contributed by atoms with Gasteiger partial charge in [0.25, 0.3) is 0 Å². The van der Waals surface area contributed by atoms with Gasteiger partial charge in [0.2, 0.25) is 0 Å². The first-order valence-electron chi connectivity index (χ1n) is 5.79. The van der Waals surface area contributed by atoms with Crippen LogP contribution in [0.5, 0.6) is 0 Å². The van der Waals surface area contributed by atoms with Crippen LogP contribution in [0, 0.1) is 6.92 Å². The highest BCUT2D eigenvalue weighted by Crippen LogP contribution is 2.33. The van der Waals surface area contributed by atoms with Crippen LogP contribution in [0.15, 0.2) is 34.9 Å².